The molecule has 1 unspecified atom stereocenters. The highest BCUT2D eigenvalue weighted by molar-refractivity contribution is 6.31. The van der Waals surface area contributed by atoms with Crippen LogP contribution in [0.4, 0.5) is 4.39 Å². The van der Waals surface area contributed by atoms with Gasteiger partial charge >= 0.3 is 0 Å². The van der Waals surface area contributed by atoms with Gasteiger partial charge in [-0.25, -0.2) is 4.39 Å². The standard InChI is InChI=1S/C16H20ClFN2O.ClH/c17-13-10-12(3-4-14(13)18)16(21)20-8-5-11(6-9-20)15-2-1-7-19-15;/h3-4,10-11,15,19H,1-2,5-9H2;1H. The fraction of sp³-hybridized carbons (Fsp3) is 0.562. The lowest BCUT2D eigenvalue weighted by molar-refractivity contribution is 0.0674. The number of hydrogen-bond acceptors (Lipinski definition) is 2. The summed E-state index contributed by atoms with van der Waals surface area (Å²) in [6, 6.07) is 4.81. The number of hydrogen-bond donors (Lipinski definition) is 1. The molecule has 22 heavy (non-hydrogen) atoms. The zero-order valence-electron chi connectivity index (χ0n) is 12.4. The van der Waals surface area contributed by atoms with Gasteiger partial charge in [0.1, 0.15) is 5.82 Å². The van der Waals surface area contributed by atoms with Crippen LogP contribution < -0.4 is 5.32 Å². The van der Waals surface area contributed by atoms with Crippen LogP contribution >= 0.6 is 24.0 Å². The minimum absolute atomic E-state index is 0. The molecule has 0 aromatic heterocycles. The summed E-state index contributed by atoms with van der Waals surface area (Å²) < 4.78 is 13.2. The van der Waals surface area contributed by atoms with Gasteiger partial charge in [-0.05, 0) is 56.3 Å². The molecule has 6 heteroatoms. The van der Waals surface area contributed by atoms with Gasteiger partial charge in [0.2, 0.25) is 0 Å². The molecule has 0 bridgehead atoms. The average Bonchev–Trinajstić information content (AvgIpc) is 3.04. The first-order chi connectivity index (χ1) is 10.1. The third kappa shape index (κ3) is 3.73. The van der Waals surface area contributed by atoms with Gasteiger partial charge in [0.05, 0.1) is 5.02 Å². The van der Waals surface area contributed by atoms with Crippen LogP contribution in [0.5, 0.6) is 0 Å². The summed E-state index contributed by atoms with van der Waals surface area (Å²) in [5, 5.41) is 3.56. The molecule has 2 aliphatic rings. The number of piperidine rings is 1. The Kier molecular flexibility index (Phi) is 6.07. The van der Waals surface area contributed by atoms with Crippen molar-refractivity contribution in [2.45, 2.75) is 31.7 Å². The molecule has 2 saturated heterocycles. The summed E-state index contributed by atoms with van der Waals surface area (Å²) in [7, 11) is 0. The van der Waals surface area contributed by atoms with Crippen LogP contribution in [-0.4, -0.2) is 36.5 Å². The second kappa shape index (κ2) is 7.62. The predicted octanol–water partition coefficient (Wildman–Crippen LogP) is 3.51. The van der Waals surface area contributed by atoms with Gasteiger partial charge in [0.25, 0.3) is 5.91 Å². The first-order valence-corrected chi connectivity index (χ1v) is 8.00. The highest BCUT2D eigenvalue weighted by atomic mass is 35.5. The smallest absolute Gasteiger partial charge is 0.253 e. The Morgan fingerprint density at radius 3 is 2.59 bits per heavy atom. The van der Waals surface area contributed by atoms with E-state index in [-0.39, 0.29) is 23.3 Å². The Labute approximate surface area is 141 Å². The predicted molar refractivity (Wildman–Crippen MR) is 88.3 cm³/mol. The highest BCUT2D eigenvalue weighted by Crippen LogP contribution is 2.27. The molecule has 0 saturated carbocycles. The number of likely N-dealkylation sites (tertiary alicyclic amines) is 1. The molecule has 1 aromatic carbocycles. The van der Waals surface area contributed by atoms with Gasteiger partial charge < -0.3 is 10.2 Å². The van der Waals surface area contributed by atoms with E-state index in [0.717, 1.165) is 32.5 Å². The number of nitrogens with one attached hydrogen (secondary N) is 1. The molecule has 0 spiro atoms. The summed E-state index contributed by atoms with van der Waals surface area (Å²) in [4.78, 5) is 14.3. The molecule has 2 heterocycles. The summed E-state index contributed by atoms with van der Waals surface area (Å²) >= 11 is 5.75. The van der Waals surface area contributed by atoms with E-state index in [2.05, 4.69) is 5.32 Å². The lowest BCUT2D eigenvalue weighted by Crippen LogP contribution is -2.43. The fourth-order valence-electron chi connectivity index (χ4n) is 3.43. The lowest BCUT2D eigenvalue weighted by Gasteiger charge is -2.35. The van der Waals surface area contributed by atoms with E-state index in [0.29, 0.717) is 17.5 Å². The summed E-state index contributed by atoms with van der Waals surface area (Å²) in [6.07, 6.45) is 4.60. The topological polar surface area (TPSA) is 32.3 Å². The highest BCUT2D eigenvalue weighted by Gasteiger charge is 2.30. The quantitative estimate of drug-likeness (QED) is 0.888. The number of carbonyl (C=O) groups excluding carboxylic acids is 1. The number of carbonyl (C=O) groups is 1. The average molecular weight is 347 g/mol. The van der Waals surface area contributed by atoms with Crippen molar-refractivity contribution in [1.82, 2.24) is 10.2 Å². The molecule has 1 amide bonds. The molecule has 2 aliphatic heterocycles. The fourth-order valence-corrected chi connectivity index (χ4v) is 3.61. The molecular weight excluding hydrogens is 326 g/mol. The summed E-state index contributed by atoms with van der Waals surface area (Å²) in [6.45, 7) is 2.67. The van der Waals surface area contributed by atoms with Crippen molar-refractivity contribution >= 4 is 29.9 Å². The molecular formula is C16H21Cl2FN2O. The van der Waals surface area contributed by atoms with Gasteiger partial charge in [-0.2, -0.15) is 0 Å². The van der Waals surface area contributed by atoms with Crippen molar-refractivity contribution in [2.24, 2.45) is 5.92 Å². The Morgan fingerprint density at radius 2 is 2.00 bits per heavy atom. The monoisotopic (exact) mass is 346 g/mol. The van der Waals surface area contributed by atoms with Crippen molar-refractivity contribution < 1.29 is 9.18 Å². The largest absolute Gasteiger partial charge is 0.339 e. The maximum atomic E-state index is 13.2. The number of amides is 1. The third-order valence-electron chi connectivity index (χ3n) is 4.66. The number of rotatable bonds is 2. The van der Waals surface area contributed by atoms with Crippen LogP contribution in [-0.2, 0) is 0 Å². The van der Waals surface area contributed by atoms with Gasteiger partial charge in [-0.1, -0.05) is 11.6 Å². The lowest BCUT2D eigenvalue weighted by atomic mass is 9.88. The molecule has 0 radical (unpaired) electrons. The molecule has 0 aliphatic carbocycles. The first-order valence-electron chi connectivity index (χ1n) is 7.63. The minimum Gasteiger partial charge on any atom is -0.339 e. The van der Waals surface area contributed by atoms with E-state index in [4.69, 9.17) is 11.6 Å². The van der Waals surface area contributed by atoms with Crippen LogP contribution in [0.2, 0.25) is 5.02 Å². The maximum absolute atomic E-state index is 13.2. The number of benzene rings is 1. The van der Waals surface area contributed by atoms with Gasteiger partial charge in [-0.15, -0.1) is 12.4 Å². The Balaban J connectivity index is 0.00000176. The van der Waals surface area contributed by atoms with Crippen LogP contribution in [0.1, 0.15) is 36.0 Å². The second-order valence-electron chi connectivity index (χ2n) is 5.96. The van der Waals surface area contributed by atoms with Gasteiger partial charge in [0, 0.05) is 24.7 Å². The number of halogens is 3. The van der Waals surface area contributed by atoms with Crippen LogP contribution in [0.3, 0.4) is 0 Å². The van der Waals surface area contributed by atoms with E-state index in [1.165, 1.54) is 31.0 Å². The van der Waals surface area contributed by atoms with Crippen molar-refractivity contribution in [2.75, 3.05) is 19.6 Å². The van der Waals surface area contributed by atoms with E-state index in [1.54, 1.807) is 0 Å². The molecule has 1 atom stereocenters. The Morgan fingerprint density at radius 1 is 1.27 bits per heavy atom. The molecule has 3 nitrogen and oxygen atoms in total. The summed E-state index contributed by atoms with van der Waals surface area (Å²) in [5.74, 6) is 0.141. The van der Waals surface area contributed by atoms with Crippen LogP contribution in [0.25, 0.3) is 0 Å². The number of nitrogens with zero attached hydrogens (tertiary/aromatic N) is 1. The van der Waals surface area contributed by atoms with Crippen molar-refractivity contribution in [3.63, 3.8) is 0 Å². The first kappa shape index (κ1) is 17.5. The van der Waals surface area contributed by atoms with Crippen molar-refractivity contribution in [3.05, 3.63) is 34.6 Å². The Hall–Kier alpha value is -0.840. The minimum atomic E-state index is -0.487. The molecule has 2 fully saturated rings. The normalized spacial score (nSPS) is 22.5. The molecule has 1 aromatic rings. The second-order valence-corrected chi connectivity index (χ2v) is 6.37. The molecule has 1 N–H and O–H groups in total. The Bertz CT molecular complexity index is 527. The maximum Gasteiger partial charge on any atom is 0.253 e. The molecule has 3 rings (SSSR count). The van der Waals surface area contributed by atoms with Gasteiger partial charge in [-0.3, -0.25) is 4.79 Å². The van der Waals surface area contributed by atoms with E-state index < -0.39 is 5.82 Å². The van der Waals surface area contributed by atoms with E-state index in [1.807, 2.05) is 4.90 Å². The third-order valence-corrected chi connectivity index (χ3v) is 4.95. The van der Waals surface area contributed by atoms with E-state index in [9.17, 15) is 9.18 Å². The van der Waals surface area contributed by atoms with Crippen molar-refractivity contribution in [3.8, 4) is 0 Å². The zero-order chi connectivity index (χ0) is 14.8. The van der Waals surface area contributed by atoms with Gasteiger partial charge in [0.15, 0.2) is 0 Å². The zero-order valence-corrected chi connectivity index (χ0v) is 13.9. The van der Waals surface area contributed by atoms with Crippen LogP contribution in [0.15, 0.2) is 18.2 Å². The van der Waals surface area contributed by atoms with E-state index >= 15 is 0 Å². The van der Waals surface area contributed by atoms with Crippen molar-refractivity contribution in [1.29, 1.82) is 0 Å². The summed E-state index contributed by atoms with van der Waals surface area (Å²) in [5.41, 5.74) is 0.471. The molecule has 122 valence electrons. The SMILES string of the molecule is Cl.O=C(c1ccc(F)c(Cl)c1)N1CCC(C2CCCN2)CC1. The van der Waals surface area contributed by atoms with Crippen LogP contribution in [0, 0.1) is 11.7 Å².